The van der Waals surface area contributed by atoms with Crippen LogP contribution in [0.5, 0.6) is 0 Å². The highest BCUT2D eigenvalue weighted by Crippen LogP contribution is 2.44. The molecule has 1 saturated heterocycles. The molecule has 3 unspecified atom stereocenters. The maximum atomic E-state index is 14.1. The van der Waals surface area contributed by atoms with Gasteiger partial charge in [0.15, 0.2) is 5.70 Å². The SMILES string of the molecule is CC(=O)N1c2ccc(-c3ccc(C4C=C(C(=O)O)N=N4)cc3)cc2N(C(=O)C2CC3(C=CCCCCC3)CO2)C[C@@H]1C. The minimum atomic E-state index is -1.10. The van der Waals surface area contributed by atoms with Gasteiger partial charge in [-0.3, -0.25) is 9.59 Å². The van der Waals surface area contributed by atoms with Crippen LogP contribution in [0.1, 0.15) is 64.0 Å². The van der Waals surface area contributed by atoms with Gasteiger partial charge in [-0.05, 0) is 67.5 Å². The van der Waals surface area contributed by atoms with Gasteiger partial charge < -0.3 is 19.6 Å². The molecule has 42 heavy (non-hydrogen) atoms. The van der Waals surface area contributed by atoms with Gasteiger partial charge >= 0.3 is 5.97 Å². The summed E-state index contributed by atoms with van der Waals surface area (Å²) in [5.74, 6) is -1.22. The second kappa shape index (κ2) is 11.3. The van der Waals surface area contributed by atoms with E-state index in [1.807, 2.05) is 54.3 Å². The largest absolute Gasteiger partial charge is 0.476 e. The Morgan fingerprint density at radius 3 is 2.55 bits per heavy atom. The first-order chi connectivity index (χ1) is 20.2. The zero-order valence-corrected chi connectivity index (χ0v) is 24.0. The Hall–Kier alpha value is -4.11. The number of allylic oxidation sites excluding steroid dienone is 1. The normalized spacial score (nSPS) is 27.0. The molecule has 4 aliphatic rings. The standard InChI is InChI=1S/C33H36N4O5/c1-21-19-36(31(39)30-18-33(20-42-30)14-6-4-3-5-7-15-33)29-16-25(12-13-28(29)37(21)22(2)38)23-8-10-24(11-9-23)26-17-27(32(40)41)35-34-26/h6,8-14,16-17,21,26,30H,3-5,7,15,18-20H2,1-2H3,(H,40,41)/t21-,26?,30?,33?/m0/s1. The van der Waals surface area contributed by atoms with Crippen molar-refractivity contribution < 1.29 is 24.2 Å². The molecular weight excluding hydrogens is 532 g/mol. The van der Waals surface area contributed by atoms with Gasteiger partial charge in [-0.1, -0.05) is 55.3 Å². The van der Waals surface area contributed by atoms with E-state index in [-0.39, 0.29) is 29.0 Å². The van der Waals surface area contributed by atoms with E-state index < -0.39 is 18.1 Å². The molecule has 0 aromatic heterocycles. The summed E-state index contributed by atoms with van der Waals surface area (Å²) < 4.78 is 6.20. The van der Waals surface area contributed by atoms with Crippen LogP contribution in [0, 0.1) is 5.41 Å². The van der Waals surface area contributed by atoms with Gasteiger partial charge in [-0.2, -0.15) is 5.11 Å². The van der Waals surface area contributed by atoms with Crippen LogP contribution in [0.3, 0.4) is 0 Å². The molecule has 6 rings (SSSR count). The van der Waals surface area contributed by atoms with E-state index in [2.05, 4.69) is 22.4 Å². The predicted molar refractivity (Wildman–Crippen MR) is 159 cm³/mol. The van der Waals surface area contributed by atoms with Crippen LogP contribution in [0.15, 0.2) is 76.6 Å². The first kappa shape index (κ1) is 28.0. The fourth-order valence-electron chi connectivity index (χ4n) is 6.69. The maximum absolute atomic E-state index is 14.1. The Balaban J connectivity index is 1.29. The molecule has 0 bridgehead atoms. The molecule has 0 radical (unpaired) electrons. The zero-order chi connectivity index (χ0) is 29.4. The lowest BCUT2D eigenvalue weighted by molar-refractivity contribution is -0.132. The van der Waals surface area contributed by atoms with Crippen LogP contribution in [0.4, 0.5) is 11.4 Å². The number of aliphatic carboxylic acids is 1. The summed E-state index contributed by atoms with van der Waals surface area (Å²) in [6.45, 7) is 4.48. The van der Waals surface area contributed by atoms with Crippen molar-refractivity contribution in [3.05, 3.63) is 72.0 Å². The van der Waals surface area contributed by atoms with Crippen molar-refractivity contribution in [1.29, 1.82) is 0 Å². The van der Waals surface area contributed by atoms with Gasteiger partial charge in [0.05, 0.1) is 24.0 Å². The van der Waals surface area contributed by atoms with E-state index in [9.17, 15) is 14.4 Å². The minimum Gasteiger partial charge on any atom is -0.476 e. The number of azo groups is 1. The molecule has 218 valence electrons. The van der Waals surface area contributed by atoms with Crippen LogP contribution >= 0.6 is 0 Å². The van der Waals surface area contributed by atoms with E-state index in [0.29, 0.717) is 30.9 Å². The minimum absolute atomic E-state index is 0.0567. The highest BCUT2D eigenvalue weighted by Gasteiger charge is 2.44. The smallest absolute Gasteiger partial charge is 0.356 e. The van der Waals surface area contributed by atoms with Crippen molar-refractivity contribution in [2.24, 2.45) is 15.6 Å². The van der Waals surface area contributed by atoms with E-state index in [0.717, 1.165) is 36.0 Å². The van der Waals surface area contributed by atoms with Gasteiger partial charge in [-0.25, -0.2) is 4.79 Å². The molecule has 2 amide bonds. The number of carboxylic acids is 1. The fraction of sp³-hybridized carbons (Fsp3) is 0.424. The van der Waals surface area contributed by atoms with E-state index in [1.165, 1.54) is 18.9 Å². The maximum Gasteiger partial charge on any atom is 0.356 e. The van der Waals surface area contributed by atoms with Gasteiger partial charge in [0.25, 0.3) is 5.91 Å². The number of hydrogen-bond donors (Lipinski definition) is 1. The Kier molecular flexibility index (Phi) is 7.53. The summed E-state index contributed by atoms with van der Waals surface area (Å²) in [7, 11) is 0. The van der Waals surface area contributed by atoms with E-state index >= 15 is 0 Å². The van der Waals surface area contributed by atoms with E-state index in [1.54, 1.807) is 11.8 Å². The molecule has 2 aromatic rings. The Morgan fingerprint density at radius 1 is 1.02 bits per heavy atom. The summed E-state index contributed by atoms with van der Waals surface area (Å²) in [4.78, 5) is 41.5. The third-order valence-electron chi connectivity index (χ3n) is 8.89. The number of amides is 2. The number of ether oxygens (including phenoxy) is 1. The third-order valence-corrected chi connectivity index (χ3v) is 8.89. The topological polar surface area (TPSA) is 112 Å². The fourth-order valence-corrected chi connectivity index (χ4v) is 6.69. The van der Waals surface area contributed by atoms with Crippen LogP contribution in [-0.4, -0.2) is 48.2 Å². The molecule has 2 aromatic carbocycles. The number of fused-ring (bicyclic) bond motifs is 1. The summed E-state index contributed by atoms with van der Waals surface area (Å²) in [6.07, 6.45) is 11.9. The number of benzene rings is 2. The molecule has 1 N–H and O–H groups in total. The predicted octanol–water partition coefficient (Wildman–Crippen LogP) is 6.21. The molecule has 3 aliphatic heterocycles. The number of nitrogens with zero attached hydrogens (tertiary/aromatic N) is 4. The van der Waals surface area contributed by atoms with Crippen LogP contribution < -0.4 is 9.80 Å². The molecule has 3 heterocycles. The van der Waals surface area contributed by atoms with Crippen LogP contribution in [0.2, 0.25) is 0 Å². The molecule has 1 fully saturated rings. The summed E-state index contributed by atoms with van der Waals surface area (Å²) in [5.41, 5.74) is 3.93. The lowest BCUT2D eigenvalue weighted by Gasteiger charge is -2.41. The first-order valence-corrected chi connectivity index (χ1v) is 14.8. The van der Waals surface area contributed by atoms with Crippen molar-refractivity contribution >= 4 is 29.2 Å². The number of carboxylic acid groups (broad SMARTS) is 1. The quantitative estimate of drug-likeness (QED) is 0.441. The molecule has 1 spiro atoms. The average Bonchev–Trinajstić information content (AvgIpc) is 3.63. The van der Waals surface area contributed by atoms with Crippen LogP contribution in [0.25, 0.3) is 11.1 Å². The highest BCUT2D eigenvalue weighted by atomic mass is 16.5. The zero-order valence-electron chi connectivity index (χ0n) is 24.0. The Morgan fingerprint density at radius 2 is 1.81 bits per heavy atom. The number of carbonyl (C=O) groups is 3. The number of carbonyl (C=O) groups excluding carboxylic acids is 2. The second-order valence-electron chi connectivity index (χ2n) is 11.9. The van der Waals surface area contributed by atoms with Gasteiger partial charge in [0.1, 0.15) is 12.1 Å². The van der Waals surface area contributed by atoms with Gasteiger partial charge in [0, 0.05) is 18.9 Å². The first-order valence-electron chi connectivity index (χ1n) is 14.8. The summed E-state index contributed by atoms with van der Waals surface area (Å²) in [5, 5.41) is 17.0. The lowest BCUT2D eigenvalue weighted by Crippen LogP contribution is -2.53. The average molecular weight is 569 g/mol. The summed E-state index contributed by atoms with van der Waals surface area (Å²) in [6, 6.07) is 12.9. The second-order valence-corrected chi connectivity index (χ2v) is 11.9. The van der Waals surface area contributed by atoms with Crippen LogP contribution in [-0.2, 0) is 19.1 Å². The third kappa shape index (κ3) is 5.29. The molecule has 4 atom stereocenters. The number of anilines is 2. The van der Waals surface area contributed by atoms with Crippen molar-refractivity contribution in [1.82, 2.24) is 0 Å². The lowest BCUT2D eigenvalue weighted by atomic mass is 9.78. The van der Waals surface area contributed by atoms with Crippen molar-refractivity contribution in [2.75, 3.05) is 23.0 Å². The Bertz CT molecular complexity index is 1500. The Labute approximate surface area is 245 Å². The molecular formula is C33H36N4O5. The summed E-state index contributed by atoms with van der Waals surface area (Å²) >= 11 is 0. The number of rotatable bonds is 4. The van der Waals surface area contributed by atoms with Gasteiger partial charge in [0.2, 0.25) is 5.91 Å². The van der Waals surface area contributed by atoms with Gasteiger partial charge in [-0.15, -0.1) is 5.11 Å². The molecule has 0 saturated carbocycles. The number of hydrogen-bond acceptors (Lipinski definition) is 6. The van der Waals surface area contributed by atoms with Crippen molar-refractivity contribution in [3.63, 3.8) is 0 Å². The highest BCUT2D eigenvalue weighted by molar-refractivity contribution is 6.06. The molecule has 1 aliphatic carbocycles. The molecule has 9 nitrogen and oxygen atoms in total. The molecule has 9 heteroatoms. The van der Waals surface area contributed by atoms with E-state index in [4.69, 9.17) is 9.84 Å². The monoisotopic (exact) mass is 568 g/mol. The van der Waals surface area contributed by atoms with Crippen molar-refractivity contribution in [2.45, 2.75) is 70.6 Å². The van der Waals surface area contributed by atoms with Crippen molar-refractivity contribution in [3.8, 4) is 11.1 Å².